The Morgan fingerprint density at radius 3 is 2.78 bits per heavy atom. The van der Waals surface area contributed by atoms with Crippen molar-refractivity contribution in [3.05, 3.63) is 40.9 Å². The van der Waals surface area contributed by atoms with Gasteiger partial charge >= 0.3 is 5.97 Å². The van der Waals surface area contributed by atoms with Crippen LogP contribution in [0.4, 0.5) is 5.69 Å². The van der Waals surface area contributed by atoms with Crippen LogP contribution in [0.25, 0.3) is 0 Å². The number of benzene rings is 1. The Bertz CT molecular complexity index is 488. The Morgan fingerprint density at radius 1 is 1.56 bits per heavy atom. The van der Waals surface area contributed by atoms with Crippen molar-refractivity contribution >= 4 is 33.5 Å². The molecule has 1 aromatic carbocycles. The van der Waals surface area contributed by atoms with Gasteiger partial charge in [0.25, 0.3) is 0 Å². The smallest absolute Gasteiger partial charge is 0.335 e. The largest absolute Gasteiger partial charge is 0.478 e. The number of hydrogen-bond acceptors (Lipinski definition) is 3. The number of carboxylic acids is 1. The van der Waals surface area contributed by atoms with Crippen molar-refractivity contribution in [3.63, 3.8) is 0 Å². The minimum Gasteiger partial charge on any atom is -0.478 e. The molecule has 0 heterocycles. The quantitative estimate of drug-likeness (QED) is 0.725. The first-order chi connectivity index (χ1) is 8.45. The lowest BCUT2D eigenvalue weighted by Gasteiger charge is -2.12. The average molecular weight is 313 g/mol. The number of nitrogens with one attached hydrogen (secondary N) is 1. The van der Waals surface area contributed by atoms with Gasteiger partial charge in [0.1, 0.15) is 0 Å². The highest BCUT2D eigenvalue weighted by Crippen LogP contribution is 2.23. The van der Waals surface area contributed by atoms with E-state index < -0.39 is 17.9 Å². The summed E-state index contributed by atoms with van der Waals surface area (Å²) in [7, 11) is 0. The first-order valence-corrected chi connectivity index (χ1v) is 5.95. The maximum Gasteiger partial charge on any atom is 0.335 e. The predicted octanol–water partition coefficient (Wildman–Crippen LogP) is 1.99. The lowest BCUT2D eigenvalue weighted by Crippen LogP contribution is -2.35. The van der Waals surface area contributed by atoms with E-state index in [-0.39, 0.29) is 5.56 Å². The molecule has 1 amide bonds. The molecule has 1 atom stereocenters. The van der Waals surface area contributed by atoms with Crippen LogP contribution in [-0.4, -0.2) is 23.0 Å². The summed E-state index contributed by atoms with van der Waals surface area (Å²) in [4.78, 5) is 22.5. The zero-order valence-electron chi connectivity index (χ0n) is 9.52. The highest BCUT2D eigenvalue weighted by molar-refractivity contribution is 9.10. The van der Waals surface area contributed by atoms with Gasteiger partial charge in [-0.25, -0.2) is 4.79 Å². The number of nitrogens with two attached hydrogens (primary N) is 1. The normalized spacial score (nSPS) is 11.7. The van der Waals surface area contributed by atoms with E-state index in [0.717, 1.165) is 0 Å². The summed E-state index contributed by atoms with van der Waals surface area (Å²) in [5, 5.41) is 11.4. The molecule has 1 aromatic rings. The van der Waals surface area contributed by atoms with Crippen molar-refractivity contribution in [3.8, 4) is 0 Å². The summed E-state index contributed by atoms with van der Waals surface area (Å²) in [6.45, 7) is 3.50. The minimum absolute atomic E-state index is 0.0887. The molecular formula is C12H13BrN2O3. The fourth-order valence-corrected chi connectivity index (χ4v) is 1.61. The van der Waals surface area contributed by atoms with E-state index in [4.69, 9.17) is 10.8 Å². The molecule has 1 unspecified atom stereocenters. The lowest BCUT2D eigenvalue weighted by atomic mass is 10.1. The summed E-state index contributed by atoms with van der Waals surface area (Å²) in [6.07, 6.45) is 1.90. The molecule has 0 saturated heterocycles. The Labute approximate surface area is 113 Å². The van der Waals surface area contributed by atoms with Gasteiger partial charge in [0.15, 0.2) is 0 Å². The van der Waals surface area contributed by atoms with E-state index in [1.54, 1.807) is 12.1 Å². The van der Waals surface area contributed by atoms with E-state index in [9.17, 15) is 9.59 Å². The van der Waals surface area contributed by atoms with Crippen LogP contribution in [0.5, 0.6) is 0 Å². The zero-order valence-corrected chi connectivity index (χ0v) is 11.1. The molecule has 1 rings (SSSR count). The molecule has 5 nitrogen and oxygen atoms in total. The first kappa shape index (κ1) is 14.4. The van der Waals surface area contributed by atoms with E-state index >= 15 is 0 Å². The monoisotopic (exact) mass is 312 g/mol. The van der Waals surface area contributed by atoms with E-state index in [1.165, 1.54) is 12.1 Å². The first-order valence-electron chi connectivity index (χ1n) is 5.16. The molecule has 96 valence electrons. The van der Waals surface area contributed by atoms with Crippen LogP contribution in [0.1, 0.15) is 16.8 Å². The lowest BCUT2D eigenvalue weighted by molar-refractivity contribution is -0.117. The number of halogens is 1. The number of carboxylic acid groups (broad SMARTS) is 1. The Balaban J connectivity index is 2.89. The van der Waals surface area contributed by atoms with Crippen LogP contribution in [0, 0.1) is 0 Å². The molecule has 0 bridgehead atoms. The molecule has 0 aromatic heterocycles. The van der Waals surface area contributed by atoms with Crippen LogP contribution in [0.2, 0.25) is 0 Å². The third kappa shape index (κ3) is 3.68. The Kier molecular flexibility index (Phi) is 5.06. The third-order valence-electron chi connectivity index (χ3n) is 2.23. The number of carbonyl (C=O) groups excluding carboxylic acids is 1. The second-order valence-corrected chi connectivity index (χ2v) is 4.47. The van der Waals surface area contributed by atoms with E-state index in [2.05, 4.69) is 27.8 Å². The van der Waals surface area contributed by atoms with Crippen molar-refractivity contribution in [1.29, 1.82) is 0 Å². The van der Waals surface area contributed by atoms with Crippen molar-refractivity contribution in [2.45, 2.75) is 12.5 Å². The molecule has 4 N–H and O–H groups in total. The number of hydrogen-bond donors (Lipinski definition) is 3. The minimum atomic E-state index is -1.06. The molecule has 0 aliphatic carbocycles. The van der Waals surface area contributed by atoms with E-state index in [1.807, 2.05) is 0 Å². The molecule has 0 fully saturated rings. The standard InChI is InChI=1S/C12H13BrN2O3/c1-2-3-9(14)11(16)15-10-6-7(12(17)18)4-5-8(10)13/h2,4-6,9H,1,3,14H2,(H,15,16)(H,17,18). The van der Waals surface area contributed by atoms with Gasteiger partial charge in [0.05, 0.1) is 17.3 Å². The highest BCUT2D eigenvalue weighted by atomic mass is 79.9. The van der Waals surface area contributed by atoms with Crippen molar-refractivity contribution in [1.82, 2.24) is 0 Å². The van der Waals surface area contributed by atoms with Gasteiger partial charge in [0.2, 0.25) is 5.91 Å². The average Bonchev–Trinajstić information content (AvgIpc) is 2.31. The van der Waals surface area contributed by atoms with Gasteiger partial charge in [0, 0.05) is 4.47 Å². The topological polar surface area (TPSA) is 92.4 Å². The summed E-state index contributed by atoms with van der Waals surface area (Å²) >= 11 is 3.23. The summed E-state index contributed by atoms with van der Waals surface area (Å²) < 4.78 is 0.589. The Morgan fingerprint density at radius 2 is 2.22 bits per heavy atom. The second kappa shape index (κ2) is 6.32. The molecule has 6 heteroatoms. The molecule has 0 spiro atoms. The zero-order chi connectivity index (χ0) is 13.7. The molecule has 0 aliphatic rings. The van der Waals surface area contributed by atoms with Gasteiger partial charge in [-0.2, -0.15) is 0 Å². The fourth-order valence-electron chi connectivity index (χ4n) is 1.27. The van der Waals surface area contributed by atoms with Crippen molar-refractivity contribution in [2.75, 3.05) is 5.32 Å². The summed E-state index contributed by atoms with van der Waals surface area (Å²) in [6, 6.07) is 3.65. The van der Waals surface area contributed by atoms with Gasteiger partial charge < -0.3 is 16.2 Å². The van der Waals surface area contributed by atoms with Gasteiger partial charge in [-0.15, -0.1) is 6.58 Å². The van der Waals surface area contributed by atoms with Gasteiger partial charge in [-0.1, -0.05) is 6.08 Å². The number of aromatic carboxylic acids is 1. The SMILES string of the molecule is C=CCC(N)C(=O)Nc1cc(C(=O)O)ccc1Br. The third-order valence-corrected chi connectivity index (χ3v) is 2.92. The van der Waals surface area contributed by atoms with Gasteiger partial charge in [-0.05, 0) is 40.5 Å². The second-order valence-electron chi connectivity index (χ2n) is 3.62. The molecule has 0 radical (unpaired) electrons. The number of anilines is 1. The highest BCUT2D eigenvalue weighted by Gasteiger charge is 2.14. The predicted molar refractivity (Wildman–Crippen MR) is 72.5 cm³/mol. The molecule has 0 aliphatic heterocycles. The molecule has 18 heavy (non-hydrogen) atoms. The van der Waals surface area contributed by atoms with Gasteiger partial charge in [-0.3, -0.25) is 4.79 Å². The number of carbonyl (C=O) groups is 2. The number of rotatable bonds is 5. The number of amides is 1. The van der Waals surface area contributed by atoms with Crippen LogP contribution in [-0.2, 0) is 4.79 Å². The van der Waals surface area contributed by atoms with Crippen LogP contribution < -0.4 is 11.1 Å². The van der Waals surface area contributed by atoms with E-state index in [0.29, 0.717) is 16.6 Å². The fraction of sp³-hybridized carbons (Fsp3) is 0.167. The van der Waals surface area contributed by atoms with Crippen molar-refractivity contribution < 1.29 is 14.7 Å². The molecular weight excluding hydrogens is 300 g/mol. The molecule has 0 saturated carbocycles. The van der Waals surface area contributed by atoms with Crippen LogP contribution in [0.3, 0.4) is 0 Å². The van der Waals surface area contributed by atoms with Crippen molar-refractivity contribution in [2.24, 2.45) is 5.73 Å². The summed E-state index contributed by atoms with van der Waals surface area (Å²) in [5.74, 6) is -1.45. The summed E-state index contributed by atoms with van der Waals surface area (Å²) in [5.41, 5.74) is 6.07. The van der Waals surface area contributed by atoms with Crippen LogP contribution >= 0.6 is 15.9 Å². The maximum absolute atomic E-state index is 11.7. The maximum atomic E-state index is 11.7. The van der Waals surface area contributed by atoms with Crippen LogP contribution in [0.15, 0.2) is 35.3 Å². The Hall–Kier alpha value is -1.66.